The summed E-state index contributed by atoms with van der Waals surface area (Å²) in [7, 11) is 1.29. The highest BCUT2D eigenvalue weighted by atomic mass is 19.2. The predicted molar refractivity (Wildman–Crippen MR) is 118 cm³/mol. The van der Waals surface area contributed by atoms with Crippen molar-refractivity contribution < 1.29 is 27.0 Å². The van der Waals surface area contributed by atoms with Crippen molar-refractivity contribution in [2.75, 3.05) is 13.7 Å². The van der Waals surface area contributed by atoms with Gasteiger partial charge in [0, 0.05) is 5.92 Å². The molecule has 1 aromatic rings. The minimum absolute atomic E-state index is 0.0354. The number of methoxy groups -OCH3 is 1. The Morgan fingerprint density at radius 2 is 1.44 bits per heavy atom. The van der Waals surface area contributed by atoms with E-state index in [-0.39, 0.29) is 28.9 Å². The fourth-order valence-electron chi connectivity index (χ4n) is 4.48. The van der Waals surface area contributed by atoms with E-state index in [0.29, 0.717) is 23.3 Å². The molecule has 6 unspecified atom stereocenters. The van der Waals surface area contributed by atoms with Crippen LogP contribution in [0.5, 0.6) is 0 Å². The second-order valence-electron chi connectivity index (χ2n) is 8.25. The van der Waals surface area contributed by atoms with Crippen molar-refractivity contribution >= 4 is 11.1 Å². The molecule has 32 heavy (non-hydrogen) atoms. The molecule has 0 amide bonds. The summed E-state index contributed by atoms with van der Waals surface area (Å²) in [6.45, 7) is 4.06. The summed E-state index contributed by atoms with van der Waals surface area (Å²) >= 11 is 0. The van der Waals surface area contributed by atoms with Gasteiger partial charge in [-0.3, -0.25) is 0 Å². The lowest BCUT2D eigenvalue weighted by molar-refractivity contribution is 0.0164. The Morgan fingerprint density at radius 1 is 0.844 bits per heavy atom. The van der Waals surface area contributed by atoms with Crippen LogP contribution in [0.4, 0.5) is 17.6 Å². The van der Waals surface area contributed by atoms with Crippen LogP contribution in [0.3, 0.4) is 0 Å². The zero-order valence-electron chi connectivity index (χ0n) is 17.8. The number of benzene rings is 1. The van der Waals surface area contributed by atoms with Gasteiger partial charge < -0.3 is 9.47 Å². The second kappa shape index (κ2) is 9.49. The maximum absolute atomic E-state index is 15.0. The first-order chi connectivity index (χ1) is 15.4. The molecule has 0 aromatic heterocycles. The van der Waals surface area contributed by atoms with Gasteiger partial charge in [-0.05, 0) is 46.8 Å². The topological polar surface area (TPSA) is 18.5 Å². The summed E-state index contributed by atoms with van der Waals surface area (Å²) in [5.41, 5.74) is 1.81. The second-order valence-corrected chi connectivity index (χ2v) is 8.25. The van der Waals surface area contributed by atoms with E-state index in [0.717, 1.165) is 12.8 Å². The Morgan fingerprint density at radius 3 is 1.97 bits per heavy atom. The third kappa shape index (κ3) is 4.20. The quantitative estimate of drug-likeness (QED) is 0.392. The van der Waals surface area contributed by atoms with Crippen LogP contribution >= 0.6 is 0 Å². The van der Waals surface area contributed by atoms with Crippen LogP contribution in [0.25, 0.3) is 11.1 Å². The van der Waals surface area contributed by atoms with E-state index in [1.54, 1.807) is 42.5 Å². The van der Waals surface area contributed by atoms with Crippen LogP contribution in [0.15, 0.2) is 72.6 Å². The molecular formula is C26H26F4O2. The molecule has 1 fully saturated rings. The Bertz CT molecular complexity index is 968. The Balaban J connectivity index is 1.54. The van der Waals surface area contributed by atoms with Gasteiger partial charge in [-0.2, -0.15) is 0 Å². The van der Waals surface area contributed by atoms with Crippen LogP contribution in [-0.4, -0.2) is 44.5 Å². The molecule has 2 aliphatic carbocycles. The average molecular weight is 446 g/mol. The Hall–Kier alpha value is -2.60. The van der Waals surface area contributed by atoms with Crippen molar-refractivity contribution in [3.05, 3.63) is 83.7 Å². The minimum Gasteiger partial charge on any atom is -0.498 e. The number of hydrogen-bond donors (Lipinski definition) is 0. The predicted octanol–water partition coefficient (Wildman–Crippen LogP) is 6.27. The molecule has 6 heteroatoms. The number of allylic oxidation sites excluding steroid dienone is 7. The molecule has 3 aliphatic rings. The van der Waals surface area contributed by atoms with Gasteiger partial charge in [-0.1, -0.05) is 48.6 Å². The fourth-order valence-corrected chi connectivity index (χ4v) is 4.48. The Labute approximate surface area is 185 Å². The summed E-state index contributed by atoms with van der Waals surface area (Å²) < 4.78 is 69.2. The molecule has 1 aliphatic heterocycles. The zero-order valence-corrected chi connectivity index (χ0v) is 17.8. The standard InChI is InChI=1S/C26H26F4O2/c1-3-18-9-8-17(14-32-18)21-11-10-19(23(27)24(21)28)15-4-6-16(7-5-15)20-12-13-22(31-2)26(30)25(20)29/h3-7,10-13,17-18,23-26H,1,8-9,14H2,2H3. The smallest absolute Gasteiger partial charge is 0.192 e. The van der Waals surface area contributed by atoms with Crippen molar-refractivity contribution in [1.82, 2.24) is 0 Å². The van der Waals surface area contributed by atoms with Crippen LogP contribution in [0, 0.1) is 5.92 Å². The van der Waals surface area contributed by atoms with Crippen LogP contribution in [0.1, 0.15) is 24.0 Å². The SMILES string of the molecule is C=CC1CCC(C2=CC=C(c3ccc(C4=CC=C(OC)C(F)C4F)cc3)C(F)C2F)CO1. The zero-order chi connectivity index (χ0) is 22.8. The van der Waals surface area contributed by atoms with Crippen molar-refractivity contribution in [1.29, 1.82) is 0 Å². The molecule has 1 heterocycles. The lowest BCUT2D eigenvalue weighted by Crippen LogP contribution is -2.33. The molecule has 0 N–H and O–H groups in total. The van der Waals surface area contributed by atoms with E-state index >= 15 is 4.39 Å². The summed E-state index contributed by atoms with van der Waals surface area (Å²) in [5, 5.41) is 0. The Kier molecular flexibility index (Phi) is 6.70. The van der Waals surface area contributed by atoms with Crippen molar-refractivity contribution in [3.8, 4) is 0 Å². The first kappa shape index (κ1) is 22.6. The van der Waals surface area contributed by atoms with E-state index < -0.39 is 24.7 Å². The van der Waals surface area contributed by atoms with Crippen LogP contribution < -0.4 is 0 Å². The highest BCUT2D eigenvalue weighted by molar-refractivity contribution is 5.77. The monoisotopic (exact) mass is 446 g/mol. The van der Waals surface area contributed by atoms with E-state index in [1.165, 1.54) is 19.3 Å². The molecule has 1 saturated heterocycles. The van der Waals surface area contributed by atoms with Crippen LogP contribution in [-0.2, 0) is 9.47 Å². The maximum atomic E-state index is 15.0. The van der Waals surface area contributed by atoms with Gasteiger partial charge in [0.25, 0.3) is 0 Å². The van der Waals surface area contributed by atoms with E-state index in [2.05, 4.69) is 6.58 Å². The molecule has 6 atom stereocenters. The van der Waals surface area contributed by atoms with E-state index in [1.807, 2.05) is 0 Å². The van der Waals surface area contributed by atoms with E-state index in [4.69, 9.17) is 9.47 Å². The summed E-state index contributed by atoms with van der Waals surface area (Å²) in [4.78, 5) is 0. The third-order valence-electron chi connectivity index (χ3n) is 6.41. The van der Waals surface area contributed by atoms with Gasteiger partial charge in [0.05, 0.1) is 19.8 Å². The molecule has 2 nitrogen and oxygen atoms in total. The van der Waals surface area contributed by atoms with Gasteiger partial charge in [-0.15, -0.1) is 6.58 Å². The van der Waals surface area contributed by atoms with Gasteiger partial charge in [0.2, 0.25) is 0 Å². The molecular weight excluding hydrogens is 420 g/mol. The van der Waals surface area contributed by atoms with Crippen molar-refractivity contribution in [2.45, 2.75) is 43.6 Å². The largest absolute Gasteiger partial charge is 0.498 e. The molecule has 0 saturated carbocycles. The first-order valence-electron chi connectivity index (χ1n) is 10.7. The minimum atomic E-state index is -1.88. The normalized spacial score (nSPS) is 32.9. The average Bonchev–Trinajstić information content (AvgIpc) is 2.83. The molecule has 1 aromatic carbocycles. The maximum Gasteiger partial charge on any atom is 0.192 e. The van der Waals surface area contributed by atoms with Gasteiger partial charge in [0.1, 0.15) is 5.76 Å². The number of ether oxygens (including phenoxy) is 2. The van der Waals surface area contributed by atoms with Gasteiger partial charge in [-0.25, -0.2) is 17.6 Å². The lowest BCUT2D eigenvalue weighted by Gasteiger charge is -2.33. The number of rotatable bonds is 5. The highest BCUT2D eigenvalue weighted by Crippen LogP contribution is 2.39. The molecule has 0 spiro atoms. The highest BCUT2D eigenvalue weighted by Gasteiger charge is 2.37. The van der Waals surface area contributed by atoms with E-state index in [9.17, 15) is 13.2 Å². The molecule has 170 valence electrons. The molecule has 4 rings (SSSR count). The lowest BCUT2D eigenvalue weighted by atomic mass is 9.81. The number of halogens is 4. The van der Waals surface area contributed by atoms with Gasteiger partial charge in [0.15, 0.2) is 24.7 Å². The van der Waals surface area contributed by atoms with Crippen LogP contribution in [0.2, 0.25) is 0 Å². The molecule has 0 bridgehead atoms. The number of hydrogen-bond acceptors (Lipinski definition) is 2. The summed E-state index contributed by atoms with van der Waals surface area (Å²) in [6.07, 6.45) is 2.00. The first-order valence-corrected chi connectivity index (χ1v) is 10.7. The number of alkyl halides is 4. The van der Waals surface area contributed by atoms with Crippen molar-refractivity contribution in [2.24, 2.45) is 5.92 Å². The third-order valence-corrected chi connectivity index (χ3v) is 6.41. The van der Waals surface area contributed by atoms with Crippen molar-refractivity contribution in [3.63, 3.8) is 0 Å². The fraction of sp³-hybridized carbons (Fsp3) is 0.385. The molecule has 0 radical (unpaired) electrons. The summed E-state index contributed by atoms with van der Waals surface area (Å²) in [6, 6.07) is 6.40. The van der Waals surface area contributed by atoms with Gasteiger partial charge >= 0.3 is 0 Å². The summed E-state index contributed by atoms with van der Waals surface area (Å²) in [5.74, 6) is -0.219.